The van der Waals surface area contributed by atoms with Gasteiger partial charge in [-0.15, -0.1) is 0 Å². The second-order valence-electron chi connectivity index (χ2n) is 4.49. The van der Waals surface area contributed by atoms with Gasteiger partial charge in [-0.1, -0.05) is 49.0 Å². The van der Waals surface area contributed by atoms with Crippen molar-refractivity contribution in [3.63, 3.8) is 0 Å². The number of rotatable bonds is 2. The van der Waals surface area contributed by atoms with Gasteiger partial charge in [0.15, 0.2) is 5.17 Å². The minimum atomic E-state index is 0.484. The van der Waals surface area contributed by atoms with Gasteiger partial charge >= 0.3 is 0 Å². The number of anilines is 1. The van der Waals surface area contributed by atoms with Gasteiger partial charge < -0.3 is 5.32 Å². The first kappa shape index (κ1) is 11.6. The van der Waals surface area contributed by atoms with E-state index in [2.05, 4.69) is 59.7 Å². The predicted molar refractivity (Wildman–Crippen MR) is 81.5 cm³/mol. The van der Waals surface area contributed by atoms with Crippen LogP contribution in [-0.2, 0) is 0 Å². The fourth-order valence-electron chi connectivity index (χ4n) is 2.08. The minimum absolute atomic E-state index is 0.484. The van der Waals surface area contributed by atoms with Crippen molar-refractivity contribution >= 4 is 33.4 Å². The van der Waals surface area contributed by atoms with E-state index < -0.39 is 0 Å². The van der Waals surface area contributed by atoms with Crippen molar-refractivity contribution in [1.29, 1.82) is 0 Å². The molecule has 1 heterocycles. The van der Waals surface area contributed by atoms with E-state index in [4.69, 9.17) is 0 Å². The normalized spacial score (nSPS) is 18.9. The van der Waals surface area contributed by atoms with Crippen molar-refractivity contribution in [3.8, 4) is 0 Å². The van der Waals surface area contributed by atoms with E-state index >= 15 is 0 Å². The Hall–Kier alpha value is -1.48. The van der Waals surface area contributed by atoms with Gasteiger partial charge in [-0.3, -0.25) is 4.99 Å². The number of aliphatic imine (C=N–C) groups is 1. The Balaban J connectivity index is 1.83. The number of hydrogen-bond donors (Lipinski definition) is 1. The largest absolute Gasteiger partial charge is 0.335 e. The van der Waals surface area contributed by atoms with Crippen molar-refractivity contribution in [2.75, 3.05) is 11.1 Å². The SMILES string of the molecule is CCC1CSC(Nc2ccc3ccccc3c2)=N1. The Labute approximate surface area is 112 Å². The molecule has 2 nitrogen and oxygen atoms in total. The topological polar surface area (TPSA) is 24.4 Å². The number of amidine groups is 1. The molecule has 3 heteroatoms. The number of nitrogens with zero attached hydrogens (tertiary/aromatic N) is 1. The van der Waals surface area contributed by atoms with Gasteiger partial charge in [-0.05, 0) is 29.3 Å². The Morgan fingerprint density at radius 2 is 2.06 bits per heavy atom. The maximum absolute atomic E-state index is 4.65. The lowest BCUT2D eigenvalue weighted by Gasteiger charge is -2.06. The van der Waals surface area contributed by atoms with Crippen molar-refractivity contribution in [2.24, 2.45) is 4.99 Å². The van der Waals surface area contributed by atoms with Crippen LogP contribution in [0.2, 0.25) is 0 Å². The van der Waals surface area contributed by atoms with Crippen LogP contribution in [0, 0.1) is 0 Å². The van der Waals surface area contributed by atoms with Gasteiger partial charge in [0, 0.05) is 11.4 Å². The molecule has 1 aliphatic heterocycles. The van der Waals surface area contributed by atoms with E-state index in [9.17, 15) is 0 Å². The Morgan fingerprint density at radius 3 is 2.83 bits per heavy atom. The van der Waals surface area contributed by atoms with Crippen molar-refractivity contribution in [1.82, 2.24) is 0 Å². The monoisotopic (exact) mass is 256 g/mol. The molecule has 0 radical (unpaired) electrons. The molecule has 2 aromatic rings. The first-order valence-corrected chi connectivity index (χ1v) is 7.30. The summed E-state index contributed by atoms with van der Waals surface area (Å²) in [5, 5.41) is 7.00. The second kappa shape index (κ2) is 5.02. The van der Waals surface area contributed by atoms with Gasteiger partial charge in [0.1, 0.15) is 0 Å². The molecular formula is C15H16N2S. The smallest absolute Gasteiger partial charge is 0.161 e. The molecule has 18 heavy (non-hydrogen) atoms. The number of hydrogen-bond acceptors (Lipinski definition) is 3. The second-order valence-corrected chi connectivity index (χ2v) is 5.50. The van der Waals surface area contributed by atoms with E-state index in [0.29, 0.717) is 6.04 Å². The molecule has 1 unspecified atom stereocenters. The Morgan fingerprint density at radius 1 is 1.22 bits per heavy atom. The van der Waals surface area contributed by atoms with Gasteiger partial charge in [0.25, 0.3) is 0 Å². The number of thioether (sulfide) groups is 1. The molecule has 0 bridgehead atoms. The highest BCUT2D eigenvalue weighted by molar-refractivity contribution is 8.14. The zero-order chi connectivity index (χ0) is 12.4. The van der Waals surface area contributed by atoms with Crippen LogP contribution in [0.15, 0.2) is 47.5 Å². The quantitative estimate of drug-likeness (QED) is 0.873. The standard InChI is InChI=1S/C15H16N2S/c1-2-13-10-18-15(16-13)17-14-8-7-11-5-3-4-6-12(11)9-14/h3-9,13H,2,10H2,1H3,(H,16,17). The number of benzene rings is 2. The third-order valence-electron chi connectivity index (χ3n) is 3.18. The Bertz CT molecular complexity index is 592. The molecular weight excluding hydrogens is 240 g/mol. The van der Waals surface area contributed by atoms with E-state index in [-0.39, 0.29) is 0 Å². The predicted octanol–water partition coefficient (Wildman–Crippen LogP) is 4.13. The highest BCUT2D eigenvalue weighted by Gasteiger charge is 2.16. The summed E-state index contributed by atoms with van der Waals surface area (Å²) in [7, 11) is 0. The molecule has 0 spiro atoms. The van der Waals surface area contributed by atoms with Crippen LogP contribution in [0.5, 0.6) is 0 Å². The number of nitrogens with one attached hydrogen (secondary N) is 1. The molecule has 0 amide bonds. The van der Waals surface area contributed by atoms with E-state index in [1.165, 1.54) is 10.8 Å². The first-order valence-electron chi connectivity index (χ1n) is 6.31. The van der Waals surface area contributed by atoms with Crippen LogP contribution in [0.4, 0.5) is 5.69 Å². The van der Waals surface area contributed by atoms with E-state index in [0.717, 1.165) is 23.0 Å². The number of fused-ring (bicyclic) bond motifs is 1. The van der Waals surface area contributed by atoms with Gasteiger partial charge in [-0.25, -0.2) is 0 Å². The molecule has 1 N–H and O–H groups in total. The van der Waals surface area contributed by atoms with Crippen LogP contribution in [0.1, 0.15) is 13.3 Å². The summed E-state index contributed by atoms with van der Waals surface area (Å²) in [4.78, 5) is 4.65. The van der Waals surface area contributed by atoms with Crippen LogP contribution >= 0.6 is 11.8 Å². The van der Waals surface area contributed by atoms with Crippen molar-refractivity contribution in [3.05, 3.63) is 42.5 Å². The molecule has 1 aliphatic rings. The van der Waals surface area contributed by atoms with Crippen LogP contribution < -0.4 is 5.32 Å². The molecule has 0 aliphatic carbocycles. The summed E-state index contributed by atoms with van der Waals surface area (Å²) in [6, 6.07) is 15.3. The third kappa shape index (κ3) is 2.36. The average Bonchev–Trinajstić information content (AvgIpc) is 2.86. The fraction of sp³-hybridized carbons (Fsp3) is 0.267. The van der Waals surface area contributed by atoms with Gasteiger partial charge in [0.2, 0.25) is 0 Å². The molecule has 92 valence electrons. The lowest BCUT2D eigenvalue weighted by molar-refractivity contribution is 0.738. The summed E-state index contributed by atoms with van der Waals surface area (Å²) in [6.07, 6.45) is 1.12. The van der Waals surface area contributed by atoms with Crippen LogP contribution in [0.3, 0.4) is 0 Å². The minimum Gasteiger partial charge on any atom is -0.335 e. The highest BCUT2D eigenvalue weighted by atomic mass is 32.2. The third-order valence-corrected chi connectivity index (χ3v) is 4.22. The zero-order valence-corrected chi connectivity index (χ0v) is 11.2. The summed E-state index contributed by atoms with van der Waals surface area (Å²) >= 11 is 1.81. The molecule has 0 saturated carbocycles. The molecule has 0 saturated heterocycles. The van der Waals surface area contributed by atoms with E-state index in [1.54, 1.807) is 0 Å². The van der Waals surface area contributed by atoms with Crippen molar-refractivity contribution < 1.29 is 0 Å². The highest BCUT2D eigenvalue weighted by Crippen LogP contribution is 2.24. The average molecular weight is 256 g/mol. The first-order chi connectivity index (χ1) is 8.85. The van der Waals surface area contributed by atoms with E-state index in [1.807, 2.05) is 11.8 Å². The molecule has 1 atom stereocenters. The maximum Gasteiger partial charge on any atom is 0.161 e. The summed E-state index contributed by atoms with van der Waals surface area (Å²) in [6.45, 7) is 2.19. The zero-order valence-electron chi connectivity index (χ0n) is 10.4. The molecule has 2 aromatic carbocycles. The summed E-state index contributed by atoms with van der Waals surface area (Å²) < 4.78 is 0. The summed E-state index contributed by atoms with van der Waals surface area (Å²) in [5.41, 5.74) is 1.12. The van der Waals surface area contributed by atoms with Crippen LogP contribution in [0.25, 0.3) is 10.8 Å². The van der Waals surface area contributed by atoms with Gasteiger partial charge in [-0.2, -0.15) is 0 Å². The summed E-state index contributed by atoms with van der Waals surface area (Å²) in [5.74, 6) is 1.10. The van der Waals surface area contributed by atoms with Crippen molar-refractivity contribution in [2.45, 2.75) is 19.4 Å². The molecule has 3 rings (SSSR count). The molecule has 0 fully saturated rings. The maximum atomic E-state index is 4.65. The fourth-order valence-corrected chi connectivity index (χ4v) is 3.16. The van der Waals surface area contributed by atoms with Crippen LogP contribution in [-0.4, -0.2) is 17.0 Å². The lowest BCUT2D eigenvalue weighted by atomic mass is 10.1. The van der Waals surface area contributed by atoms with Gasteiger partial charge in [0.05, 0.1) is 6.04 Å². The Kier molecular flexibility index (Phi) is 3.24. The lowest BCUT2D eigenvalue weighted by Crippen LogP contribution is -2.05. The molecule has 0 aromatic heterocycles.